The van der Waals surface area contributed by atoms with Crippen molar-refractivity contribution >= 4 is 29.0 Å². The van der Waals surface area contributed by atoms with Gasteiger partial charge in [-0.15, -0.1) is 0 Å². The quantitative estimate of drug-likeness (QED) is 0.539. The Morgan fingerprint density at radius 2 is 2.09 bits per heavy atom. The highest BCUT2D eigenvalue weighted by molar-refractivity contribution is 6.33. The molecule has 0 unspecified atom stereocenters. The van der Waals surface area contributed by atoms with Crippen molar-refractivity contribution in [3.63, 3.8) is 0 Å². The normalized spacial score (nSPS) is 23.2. The zero-order valence-electron chi connectivity index (χ0n) is 19.5. The maximum Gasteiger partial charge on any atom is 0.337 e. The Labute approximate surface area is 204 Å². The molecular formula is C26H30ClFN2O4. The lowest BCUT2D eigenvalue weighted by Gasteiger charge is -2.45. The molecule has 0 radical (unpaired) electrons. The number of anilines is 1. The fourth-order valence-corrected chi connectivity index (χ4v) is 5.48. The number of nitrogens with one attached hydrogen (secondary N) is 1. The number of nitrogens with zero attached hydrogens (tertiary/aromatic N) is 1. The summed E-state index contributed by atoms with van der Waals surface area (Å²) >= 11 is 6.11. The van der Waals surface area contributed by atoms with Gasteiger partial charge < -0.3 is 15.2 Å². The lowest BCUT2D eigenvalue weighted by atomic mass is 9.81. The van der Waals surface area contributed by atoms with Crippen LogP contribution in [0.25, 0.3) is 0 Å². The molecule has 6 nitrogen and oxygen atoms in total. The minimum absolute atomic E-state index is 0.0194. The van der Waals surface area contributed by atoms with E-state index in [1.807, 2.05) is 13.8 Å². The third kappa shape index (κ3) is 4.64. The van der Waals surface area contributed by atoms with Crippen molar-refractivity contribution in [2.45, 2.75) is 57.6 Å². The first kappa shape index (κ1) is 24.5. The molecule has 1 aliphatic carbocycles. The van der Waals surface area contributed by atoms with E-state index in [9.17, 15) is 19.1 Å². The number of hydrogen-bond donors (Lipinski definition) is 2. The standard InChI is InChI=1S/C26H30ClFN2O4/c1-3-29-23-13-16(28)12-21-19(23)7-4-8-24(31)26(21,2)30-11-5-6-18(15-30)34-17-9-10-20(25(32)33)22(27)14-17/h9-10,12-14,18,29H,3-8,11,15H2,1-2H3,(H,32,33)/t18-,26-/m1/s1. The molecule has 1 heterocycles. The van der Waals surface area contributed by atoms with Gasteiger partial charge in [0.25, 0.3) is 0 Å². The van der Waals surface area contributed by atoms with E-state index in [4.69, 9.17) is 16.3 Å². The highest BCUT2D eigenvalue weighted by Gasteiger charge is 2.45. The molecule has 2 aliphatic rings. The van der Waals surface area contributed by atoms with Crippen LogP contribution in [0.15, 0.2) is 30.3 Å². The molecule has 2 aromatic carbocycles. The van der Waals surface area contributed by atoms with E-state index in [-0.39, 0.29) is 28.3 Å². The van der Waals surface area contributed by atoms with Gasteiger partial charge in [-0.2, -0.15) is 0 Å². The number of rotatable bonds is 6. The number of aromatic carboxylic acids is 1. The lowest BCUT2D eigenvalue weighted by Crippen LogP contribution is -2.55. The van der Waals surface area contributed by atoms with Crippen LogP contribution in [0.3, 0.4) is 0 Å². The number of fused-ring (bicyclic) bond motifs is 1. The molecule has 8 heteroatoms. The predicted molar refractivity (Wildman–Crippen MR) is 129 cm³/mol. The summed E-state index contributed by atoms with van der Waals surface area (Å²) in [5.41, 5.74) is 1.57. The van der Waals surface area contributed by atoms with Gasteiger partial charge >= 0.3 is 5.97 Å². The number of ketones is 1. The van der Waals surface area contributed by atoms with Crippen LogP contribution >= 0.6 is 11.6 Å². The van der Waals surface area contributed by atoms with E-state index in [0.29, 0.717) is 31.8 Å². The first-order chi connectivity index (χ1) is 16.2. The van der Waals surface area contributed by atoms with Crippen molar-refractivity contribution in [1.82, 2.24) is 4.90 Å². The number of carbonyl (C=O) groups excluding carboxylic acids is 1. The van der Waals surface area contributed by atoms with Gasteiger partial charge in [0, 0.05) is 25.2 Å². The summed E-state index contributed by atoms with van der Waals surface area (Å²) in [6, 6.07) is 7.58. The van der Waals surface area contributed by atoms with Gasteiger partial charge in [-0.05, 0) is 87.5 Å². The first-order valence-corrected chi connectivity index (χ1v) is 12.2. The van der Waals surface area contributed by atoms with Gasteiger partial charge in [-0.3, -0.25) is 9.69 Å². The molecule has 2 N–H and O–H groups in total. The zero-order valence-corrected chi connectivity index (χ0v) is 20.3. The summed E-state index contributed by atoms with van der Waals surface area (Å²) in [5, 5.41) is 12.6. The van der Waals surface area contributed by atoms with Gasteiger partial charge in [0.15, 0.2) is 5.78 Å². The van der Waals surface area contributed by atoms with Crippen molar-refractivity contribution in [2.24, 2.45) is 0 Å². The molecule has 4 rings (SSSR count). The fourth-order valence-electron chi connectivity index (χ4n) is 5.23. The molecule has 1 saturated heterocycles. The second kappa shape index (κ2) is 9.92. The highest BCUT2D eigenvalue weighted by atomic mass is 35.5. The fraction of sp³-hybridized carbons (Fsp3) is 0.462. The Hall–Kier alpha value is -2.64. The van der Waals surface area contributed by atoms with Crippen LogP contribution in [0.1, 0.15) is 61.0 Å². The van der Waals surface area contributed by atoms with E-state index in [1.165, 1.54) is 24.3 Å². The molecule has 1 fully saturated rings. The van der Waals surface area contributed by atoms with E-state index in [2.05, 4.69) is 10.2 Å². The average Bonchev–Trinajstić information content (AvgIpc) is 2.91. The summed E-state index contributed by atoms with van der Waals surface area (Å²) in [6.07, 6.45) is 3.29. The number of carboxylic acid groups (broad SMARTS) is 1. The second-order valence-corrected chi connectivity index (χ2v) is 9.54. The van der Waals surface area contributed by atoms with Crippen molar-refractivity contribution in [3.8, 4) is 5.75 Å². The van der Waals surface area contributed by atoms with Crippen LogP contribution < -0.4 is 10.1 Å². The van der Waals surface area contributed by atoms with Crippen LogP contribution in [-0.2, 0) is 16.8 Å². The molecular weight excluding hydrogens is 459 g/mol. The Morgan fingerprint density at radius 3 is 2.79 bits per heavy atom. The minimum atomic E-state index is -1.09. The van der Waals surface area contributed by atoms with Crippen LogP contribution in [0.2, 0.25) is 5.02 Å². The molecule has 2 atom stereocenters. The van der Waals surface area contributed by atoms with E-state index < -0.39 is 11.5 Å². The number of Topliss-reactive ketones (excluding diaryl/α,β-unsaturated/α-hetero) is 1. The number of ether oxygens (including phenoxy) is 1. The second-order valence-electron chi connectivity index (χ2n) is 9.13. The first-order valence-electron chi connectivity index (χ1n) is 11.8. The molecule has 0 aromatic heterocycles. The van der Waals surface area contributed by atoms with E-state index in [0.717, 1.165) is 42.5 Å². The number of benzene rings is 2. The van der Waals surface area contributed by atoms with Crippen molar-refractivity contribution in [2.75, 3.05) is 25.0 Å². The number of likely N-dealkylation sites (tertiary alicyclic amines) is 1. The van der Waals surface area contributed by atoms with Gasteiger partial charge in [0.05, 0.1) is 10.6 Å². The molecule has 0 saturated carbocycles. The highest BCUT2D eigenvalue weighted by Crippen LogP contribution is 2.41. The molecule has 1 aliphatic heterocycles. The number of carboxylic acids is 1. The third-order valence-electron chi connectivity index (χ3n) is 6.96. The van der Waals surface area contributed by atoms with Gasteiger partial charge in [0.2, 0.25) is 0 Å². The SMILES string of the molecule is CCNc1cc(F)cc2c1CCCC(=O)[C@]2(C)N1CCC[C@@H](Oc2ccc(C(=O)O)c(Cl)c2)C1. The van der Waals surface area contributed by atoms with Gasteiger partial charge in [-0.1, -0.05) is 11.6 Å². The summed E-state index contributed by atoms with van der Waals surface area (Å²) in [7, 11) is 0. The maximum absolute atomic E-state index is 14.7. The average molecular weight is 489 g/mol. The topological polar surface area (TPSA) is 78.9 Å². The third-order valence-corrected chi connectivity index (χ3v) is 7.28. The van der Waals surface area contributed by atoms with Crippen molar-refractivity contribution in [3.05, 3.63) is 57.9 Å². The predicted octanol–water partition coefficient (Wildman–Crippen LogP) is 5.27. The Kier molecular flexibility index (Phi) is 7.14. The number of piperidine rings is 1. The zero-order chi connectivity index (χ0) is 24.5. The van der Waals surface area contributed by atoms with Crippen molar-refractivity contribution < 1.29 is 23.8 Å². The smallest absolute Gasteiger partial charge is 0.337 e. The number of hydrogen-bond acceptors (Lipinski definition) is 5. The van der Waals surface area contributed by atoms with Crippen LogP contribution in [0.4, 0.5) is 10.1 Å². The molecule has 34 heavy (non-hydrogen) atoms. The van der Waals surface area contributed by atoms with E-state index >= 15 is 0 Å². The monoisotopic (exact) mass is 488 g/mol. The molecule has 0 spiro atoms. The Balaban J connectivity index is 1.64. The van der Waals surface area contributed by atoms with E-state index in [1.54, 1.807) is 6.07 Å². The largest absolute Gasteiger partial charge is 0.489 e. The molecule has 182 valence electrons. The minimum Gasteiger partial charge on any atom is -0.489 e. The van der Waals surface area contributed by atoms with Gasteiger partial charge in [0.1, 0.15) is 23.2 Å². The number of carbonyl (C=O) groups is 2. The van der Waals surface area contributed by atoms with Crippen LogP contribution in [0, 0.1) is 5.82 Å². The Morgan fingerprint density at radius 1 is 1.29 bits per heavy atom. The van der Waals surface area contributed by atoms with Gasteiger partial charge in [-0.25, -0.2) is 9.18 Å². The molecule has 2 aromatic rings. The maximum atomic E-state index is 14.7. The van der Waals surface area contributed by atoms with Crippen LogP contribution in [0.5, 0.6) is 5.75 Å². The summed E-state index contributed by atoms with van der Waals surface area (Å²) in [5.74, 6) is -0.870. The van der Waals surface area contributed by atoms with Crippen LogP contribution in [-0.4, -0.2) is 47.5 Å². The lowest BCUT2D eigenvalue weighted by molar-refractivity contribution is -0.133. The van der Waals surface area contributed by atoms with Crippen molar-refractivity contribution in [1.29, 1.82) is 0 Å². The summed E-state index contributed by atoms with van der Waals surface area (Å²) in [4.78, 5) is 26.8. The summed E-state index contributed by atoms with van der Waals surface area (Å²) in [6.45, 7) is 5.75. The number of halogens is 2. The Bertz CT molecular complexity index is 1110. The molecule has 0 bridgehead atoms. The molecule has 0 amide bonds. The summed E-state index contributed by atoms with van der Waals surface area (Å²) < 4.78 is 20.9.